The number of hydrogen-bond acceptors (Lipinski definition) is 4. The predicted molar refractivity (Wildman–Crippen MR) is 50.3 cm³/mol. The number of nitrogens with one attached hydrogen (secondary N) is 1. The topological polar surface area (TPSA) is 70.6 Å². The average Bonchev–Trinajstić information content (AvgIpc) is 2.18. The van der Waals surface area contributed by atoms with Gasteiger partial charge in [-0.05, 0) is 6.07 Å². The third kappa shape index (κ3) is 1.21. The van der Waals surface area contributed by atoms with Crippen LogP contribution in [0.2, 0.25) is 0 Å². The van der Waals surface area contributed by atoms with Gasteiger partial charge in [-0.3, -0.25) is 10.6 Å². The van der Waals surface area contributed by atoms with E-state index in [1.165, 1.54) is 12.2 Å². The fraction of sp³-hybridized carbons (Fsp3) is 0.250. The summed E-state index contributed by atoms with van der Waals surface area (Å²) >= 11 is 0. The molecule has 1 aromatic rings. The number of hydrazine groups is 1. The van der Waals surface area contributed by atoms with Crippen molar-refractivity contribution >= 4 is 11.4 Å². The zero-order valence-electron chi connectivity index (χ0n) is 7.68. The maximum atomic E-state index is 11.4. The van der Waals surface area contributed by atoms with Crippen molar-refractivity contribution in [1.29, 1.82) is 0 Å². The van der Waals surface area contributed by atoms with Gasteiger partial charge in [0.15, 0.2) is 4.87 Å². The minimum Gasteiger partial charge on any atom is -0.288 e. The van der Waals surface area contributed by atoms with Crippen LogP contribution < -0.4 is 16.2 Å². The number of hydrogen-bond donors (Lipinski definition) is 2. The second-order valence-corrected chi connectivity index (χ2v) is 2.87. The molecule has 2 rings (SSSR count). The van der Waals surface area contributed by atoms with Crippen molar-refractivity contribution in [2.24, 2.45) is 5.73 Å². The van der Waals surface area contributed by atoms with Gasteiger partial charge in [-0.1, -0.05) is 12.1 Å². The molecule has 0 saturated carbocycles. The number of para-hydroxylation sites is 2. The van der Waals surface area contributed by atoms with E-state index in [0.717, 1.165) is 0 Å². The van der Waals surface area contributed by atoms with Crippen molar-refractivity contribution in [1.82, 2.24) is 5.43 Å². The molecule has 1 aromatic carbocycles. The molecule has 14 heavy (non-hydrogen) atoms. The van der Waals surface area contributed by atoms with E-state index in [2.05, 4.69) is 5.43 Å². The van der Waals surface area contributed by atoms with Crippen molar-refractivity contribution in [3.05, 3.63) is 29.2 Å². The second-order valence-electron chi connectivity index (χ2n) is 2.87. The Morgan fingerprint density at radius 2 is 2.29 bits per heavy atom. The summed E-state index contributed by atoms with van der Waals surface area (Å²) in [5, 5.41) is 1.43. The lowest BCUT2D eigenvalue weighted by Gasteiger charge is -2.28. The van der Waals surface area contributed by atoms with Crippen molar-refractivity contribution in [3.63, 3.8) is 0 Å². The summed E-state index contributed by atoms with van der Waals surface area (Å²) in [6, 6.07) is 7.05. The van der Waals surface area contributed by atoms with Crippen LogP contribution in [-0.2, 0) is 4.84 Å². The molecule has 0 aliphatic carbocycles. The van der Waals surface area contributed by atoms with E-state index in [4.69, 9.17) is 10.6 Å². The normalized spacial score (nSPS) is 20.3. The van der Waals surface area contributed by atoms with Gasteiger partial charge in [0.05, 0.1) is 12.0 Å². The molecule has 1 unspecified atom stereocenters. The average molecular weight is 195 g/mol. The Hall–Kier alpha value is -1.66. The number of rotatable bonds is 1. The number of nitrogens with zero attached hydrogens (tertiary/aromatic N) is 2. The maximum absolute atomic E-state index is 11.4. The van der Waals surface area contributed by atoms with Gasteiger partial charge < -0.3 is 0 Å². The molecule has 0 bridgehead atoms. The van der Waals surface area contributed by atoms with Crippen molar-refractivity contribution < 1.29 is 9.71 Å². The molecule has 1 aliphatic heterocycles. The Morgan fingerprint density at radius 3 is 3.00 bits per heavy atom. The molecule has 0 aromatic heterocycles. The number of anilines is 1. The molecule has 1 aliphatic rings. The van der Waals surface area contributed by atoms with Crippen LogP contribution in [0.5, 0.6) is 0 Å². The predicted octanol–water partition coefficient (Wildman–Crippen LogP) is 0.225. The highest BCUT2D eigenvalue weighted by molar-refractivity contribution is 5.62. The Kier molecular flexibility index (Phi) is 2.06. The summed E-state index contributed by atoms with van der Waals surface area (Å²) in [6.45, 7) is 0. The van der Waals surface area contributed by atoms with Crippen LogP contribution in [0.1, 0.15) is 0 Å². The van der Waals surface area contributed by atoms with E-state index < -0.39 is 6.29 Å². The minimum absolute atomic E-state index is 0.482. The summed E-state index contributed by atoms with van der Waals surface area (Å²) in [6.07, 6.45) is -0.674. The number of nitrogens with two attached hydrogens (primary N) is 1. The molecule has 74 valence electrons. The van der Waals surface area contributed by atoms with Gasteiger partial charge in [-0.25, -0.2) is 5.06 Å². The number of fused-ring (bicyclic) bond motifs is 1. The lowest BCUT2D eigenvalue weighted by atomic mass is 10.2. The molecule has 1 atom stereocenters. The van der Waals surface area contributed by atoms with Crippen LogP contribution in [0.4, 0.5) is 11.4 Å². The van der Waals surface area contributed by atoms with Crippen LogP contribution >= 0.6 is 0 Å². The van der Waals surface area contributed by atoms with E-state index in [1.54, 1.807) is 18.2 Å². The number of nitroso groups, excluding NO2 is 1. The van der Waals surface area contributed by atoms with Gasteiger partial charge in [0.2, 0.25) is 6.29 Å². The Bertz CT molecular complexity index is 368. The molecule has 0 fully saturated rings. The minimum atomic E-state index is -0.674. The third-order valence-electron chi connectivity index (χ3n) is 2.04. The van der Waals surface area contributed by atoms with Crippen LogP contribution in [0.25, 0.3) is 0 Å². The summed E-state index contributed by atoms with van der Waals surface area (Å²) in [5.74, 6) is 0. The van der Waals surface area contributed by atoms with Crippen LogP contribution in [0.15, 0.2) is 24.3 Å². The van der Waals surface area contributed by atoms with Crippen molar-refractivity contribution in [3.8, 4) is 0 Å². The third-order valence-corrected chi connectivity index (χ3v) is 2.04. The lowest BCUT2D eigenvalue weighted by Crippen LogP contribution is -2.57. The van der Waals surface area contributed by atoms with Gasteiger partial charge in [0.25, 0.3) is 0 Å². The summed E-state index contributed by atoms with van der Waals surface area (Å²) in [5.41, 5.74) is 9.27. The van der Waals surface area contributed by atoms with Gasteiger partial charge >= 0.3 is 5.69 Å². The molecule has 6 nitrogen and oxygen atoms in total. The highest BCUT2D eigenvalue weighted by Gasteiger charge is 2.35. The van der Waals surface area contributed by atoms with Gasteiger partial charge in [-0.2, -0.15) is 0 Å². The van der Waals surface area contributed by atoms with E-state index >= 15 is 0 Å². The van der Waals surface area contributed by atoms with Crippen molar-refractivity contribution in [2.75, 3.05) is 12.2 Å². The molecule has 6 heteroatoms. The first-order chi connectivity index (χ1) is 6.74. The van der Waals surface area contributed by atoms with Gasteiger partial charge in [0.1, 0.15) is 5.69 Å². The highest BCUT2D eigenvalue weighted by atomic mass is 16.7. The zero-order chi connectivity index (χ0) is 10.1. The van der Waals surface area contributed by atoms with Gasteiger partial charge in [-0.15, -0.1) is 5.43 Å². The van der Waals surface area contributed by atoms with E-state index in [9.17, 15) is 4.91 Å². The number of benzene rings is 1. The SMILES string of the molecule is CON1c2ccccc2[N+](=O)NC1N. The molecule has 0 saturated heterocycles. The molecule has 0 amide bonds. The van der Waals surface area contributed by atoms with Gasteiger partial charge in [0, 0.05) is 6.07 Å². The second kappa shape index (κ2) is 3.24. The Labute approximate surface area is 80.7 Å². The highest BCUT2D eigenvalue weighted by Crippen LogP contribution is 2.30. The smallest absolute Gasteiger partial charge is 0.288 e. The molecular weight excluding hydrogens is 184 g/mol. The fourth-order valence-corrected chi connectivity index (χ4v) is 1.43. The zero-order valence-corrected chi connectivity index (χ0v) is 7.68. The summed E-state index contributed by atoms with van der Waals surface area (Å²) in [4.78, 5) is 17.1. The summed E-state index contributed by atoms with van der Waals surface area (Å²) in [7, 11) is 1.50. The summed E-state index contributed by atoms with van der Waals surface area (Å²) < 4.78 is 0. The quantitative estimate of drug-likeness (QED) is 0.627. The first kappa shape index (κ1) is 8.92. The largest absolute Gasteiger partial charge is 0.317 e. The van der Waals surface area contributed by atoms with E-state index in [-0.39, 0.29) is 0 Å². The van der Waals surface area contributed by atoms with E-state index in [1.807, 2.05) is 6.07 Å². The molecular formula is C8H11N4O2+. The van der Waals surface area contributed by atoms with Crippen LogP contribution in [0, 0.1) is 4.91 Å². The molecule has 3 N–H and O–H groups in total. The van der Waals surface area contributed by atoms with Crippen molar-refractivity contribution in [2.45, 2.75) is 6.29 Å². The molecule has 0 spiro atoms. The lowest BCUT2D eigenvalue weighted by molar-refractivity contribution is -0.540. The van der Waals surface area contributed by atoms with Crippen LogP contribution in [-0.4, -0.2) is 18.3 Å². The first-order valence-corrected chi connectivity index (χ1v) is 4.15. The maximum Gasteiger partial charge on any atom is 0.317 e. The molecule has 0 radical (unpaired) electrons. The Morgan fingerprint density at radius 1 is 1.57 bits per heavy atom. The van der Waals surface area contributed by atoms with E-state index in [0.29, 0.717) is 16.2 Å². The number of hydroxylamine groups is 1. The first-order valence-electron chi connectivity index (χ1n) is 4.15. The fourth-order valence-electron chi connectivity index (χ4n) is 1.43. The monoisotopic (exact) mass is 195 g/mol. The standard InChI is InChI=1S/C8H11N4O2/c1-14-11-6-4-2-3-5-7(6)12(13)10-8(11)9/h2-5,8H,9H2,1H3,(H,10,13)/q+1. The Balaban J connectivity index is 2.50. The molecule has 1 heterocycles. The van der Waals surface area contributed by atoms with Crippen LogP contribution in [0.3, 0.4) is 0 Å².